The zero-order valence-corrected chi connectivity index (χ0v) is 24.3. The smallest absolute Gasteiger partial charge is 0.355 e. The summed E-state index contributed by atoms with van der Waals surface area (Å²) in [6.07, 6.45) is 4.05. The van der Waals surface area contributed by atoms with E-state index in [2.05, 4.69) is 46.0 Å². The van der Waals surface area contributed by atoms with Gasteiger partial charge in [0.25, 0.3) is 0 Å². The lowest BCUT2D eigenvalue weighted by Gasteiger charge is -2.21. The van der Waals surface area contributed by atoms with Gasteiger partial charge in [-0.25, -0.2) is 23.1 Å². The number of carbonyl (C=O) groups excluding carboxylic acids is 1. The SMILES string of the molecule is C=CC(=O)NC[C@H](C)Nc1nc(=O)n(-c2c(C)ccnc2C(C)C)c2nc(-c3ccccc3F)c(F)cc12.CCC. The Morgan fingerprint density at radius 2 is 1.78 bits per heavy atom. The summed E-state index contributed by atoms with van der Waals surface area (Å²) in [7, 11) is 0. The number of aryl methyl sites for hydroxylation is 1. The number of fused-ring (bicyclic) bond motifs is 1. The predicted octanol–water partition coefficient (Wildman–Crippen LogP) is 6.07. The predicted molar refractivity (Wildman–Crippen MR) is 159 cm³/mol. The molecule has 0 fully saturated rings. The number of nitrogens with zero attached hydrogens (tertiary/aromatic N) is 4. The highest BCUT2D eigenvalue weighted by atomic mass is 19.1. The van der Waals surface area contributed by atoms with Gasteiger partial charge in [0, 0.05) is 24.3 Å². The minimum atomic E-state index is -0.780. The number of nitrogens with one attached hydrogen (secondary N) is 2. The molecule has 4 rings (SSSR count). The van der Waals surface area contributed by atoms with Crippen LogP contribution in [-0.2, 0) is 4.79 Å². The molecule has 0 spiro atoms. The molecule has 0 aliphatic carbocycles. The van der Waals surface area contributed by atoms with Crippen LogP contribution in [0.4, 0.5) is 14.6 Å². The number of rotatable bonds is 8. The minimum Gasteiger partial charge on any atom is -0.365 e. The first-order valence-corrected chi connectivity index (χ1v) is 13.5. The Morgan fingerprint density at radius 1 is 1.10 bits per heavy atom. The summed E-state index contributed by atoms with van der Waals surface area (Å²) in [6.45, 7) is 15.3. The maximum atomic E-state index is 15.5. The number of hydrogen-bond acceptors (Lipinski definition) is 6. The monoisotopic (exact) mass is 562 g/mol. The average molecular weight is 563 g/mol. The Balaban J connectivity index is 0.00000147. The molecular formula is C31H36F2N6O2. The van der Waals surface area contributed by atoms with Crippen molar-refractivity contribution in [1.82, 2.24) is 24.8 Å². The third-order valence-electron chi connectivity index (χ3n) is 6.03. The second-order valence-electron chi connectivity index (χ2n) is 9.97. The van der Waals surface area contributed by atoms with Gasteiger partial charge in [0.05, 0.1) is 16.8 Å². The van der Waals surface area contributed by atoms with E-state index in [9.17, 15) is 14.0 Å². The highest BCUT2D eigenvalue weighted by Gasteiger charge is 2.23. The summed E-state index contributed by atoms with van der Waals surface area (Å²) in [5.74, 6) is -1.75. The van der Waals surface area contributed by atoms with Crippen molar-refractivity contribution in [3.8, 4) is 16.9 Å². The lowest BCUT2D eigenvalue weighted by Crippen LogP contribution is -2.35. The molecule has 0 saturated heterocycles. The van der Waals surface area contributed by atoms with Crippen molar-refractivity contribution < 1.29 is 13.6 Å². The lowest BCUT2D eigenvalue weighted by atomic mass is 10.0. The minimum absolute atomic E-state index is 0.0373. The fraction of sp³-hybridized carbons (Fsp3) is 0.323. The van der Waals surface area contributed by atoms with Gasteiger partial charge in [-0.3, -0.25) is 9.78 Å². The summed E-state index contributed by atoms with van der Waals surface area (Å²) in [5, 5.41) is 5.93. The van der Waals surface area contributed by atoms with Gasteiger partial charge in [-0.05, 0) is 55.7 Å². The van der Waals surface area contributed by atoms with E-state index in [-0.39, 0.29) is 52.5 Å². The maximum absolute atomic E-state index is 15.5. The zero-order chi connectivity index (χ0) is 30.3. The van der Waals surface area contributed by atoms with Crippen LogP contribution in [0, 0.1) is 18.6 Å². The van der Waals surface area contributed by atoms with E-state index < -0.39 is 17.3 Å². The van der Waals surface area contributed by atoms with Crippen LogP contribution < -0.4 is 16.3 Å². The van der Waals surface area contributed by atoms with Crippen molar-refractivity contribution >= 4 is 22.8 Å². The molecule has 3 aromatic heterocycles. The average Bonchev–Trinajstić information content (AvgIpc) is 2.93. The molecule has 10 heteroatoms. The van der Waals surface area contributed by atoms with Crippen molar-refractivity contribution in [3.63, 3.8) is 0 Å². The summed E-state index contributed by atoms with van der Waals surface area (Å²) in [6, 6.07) is 8.29. The Kier molecular flexibility index (Phi) is 10.4. The molecule has 2 N–H and O–H groups in total. The maximum Gasteiger partial charge on any atom is 0.355 e. The molecule has 8 nitrogen and oxygen atoms in total. The Labute approximate surface area is 238 Å². The third-order valence-corrected chi connectivity index (χ3v) is 6.03. The number of pyridine rings is 2. The van der Waals surface area contributed by atoms with Gasteiger partial charge in [0.2, 0.25) is 5.91 Å². The summed E-state index contributed by atoms with van der Waals surface area (Å²) in [4.78, 5) is 38.3. The molecule has 1 atom stereocenters. The number of hydrogen-bond donors (Lipinski definition) is 2. The lowest BCUT2D eigenvalue weighted by molar-refractivity contribution is -0.116. The standard InChI is InChI=1S/C28H28F2N6O2.C3H8/c1-6-22(37)32-14-17(5)33-26-19-13-21(30)24(18-9-7-8-10-20(18)29)34-27(19)36(28(38)35-26)25-16(4)11-12-31-23(25)15(2)3;1-3-2/h6-13,15,17H,1,14H2,2-5H3,(H,32,37)(H,33,35,38);3H2,1-2H3/t17-;/m0./s1. The fourth-order valence-corrected chi connectivity index (χ4v) is 4.17. The Morgan fingerprint density at radius 3 is 2.41 bits per heavy atom. The van der Waals surface area contributed by atoms with Crippen LogP contribution in [-0.4, -0.2) is 38.0 Å². The van der Waals surface area contributed by atoms with Crippen LogP contribution in [0.2, 0.25) is 0 Å². The molecule has 0 bridgehead atoms. The molecule has 0 aliphatic heterocycles. The second-order valence-corrected chi connectivity index (χ2v) is 9.97. The molecule has 0 saturated carbocycles. The van der Waals surface area contributed by atoms with Gasteiger partial charge in [-0.2, -0.15) is 4.98 Å². The van der Waals surface area contributed by atoms with Gasteiger partial charge >= 0.3 is 5.69 Å². The van der Waals surface area contributed by atoms with Crippen LogP contribution in [0.3, 0.4) is 0 Å². The summed E-state index contributed by atoms with van der Waals surface area (Å²) < 4.78 is 31.4. The van der Waals surface area contributed by atoms with E-state index in [0.717, 1.165) is 11.6 Å². The van der Waals surface area contributed by atoms with Crippen molar-refractivity contribution in [2.24, 2.45) is 0 Å². The zero-order valence-electron chi connectivity index (χ0n) is 24.3. The Bertz CT molecular complexity index is 1620. The van der Waals surface area contributed by atoms with Gasteiger partial charge in [-0.15, -0.1) is 0 Å². The van der Waals surface area contributed by atoms with E-state index in [1.165, 1.54) is 35.3 Å². The molecule has 1 aromatic carbocycles. The second kappa shape index (κ2) is 13.7. The number of halogens is 2. The molecule has 0 radical (unpaired) electrons. The van der Waals surface area contributed by atoms with E-state index in [4.69, 9.17) is 0 Å². The van der Waals surface area contributed by atoms with E-state index in [1.807, 2.05) is 20.8 Å². The number of carbonyl (C=O) groups is 1. The first-order chi connectivity index (χ1) is 19.5. The molecule has 0 aliphatic rings. The molecular weight excluding hydrogens is 526 g/mol. The van der Waals surface area contributed by atoms with E-state index >= 15 is 4.39 Å². The first-order valence-electron chi connectivity index (χ1n) is 13.5. The quantitative estimate of drug-likeness (QED) is 0.253. The van der Waals surface area contributed by atoms with Crippen molar-refractivity contribution in [2.45, 2.75) is 59.9 Å². The number of aromatic nitrogens is 4. The van der Waals surface area contributed by atoms with Crippen LogP contribution in [0.25, 0.3) is 28.0 Å². The van der Waals surface area contributed by atoms with Crippen LogP contribution in [0.15, 0.2) is 60.0 Å². The van der Waals surface area contributed by atoms with Crippen LogP contribution in [0.1, 0.15) is 58.2 Å². The van der Waals surface area contributed by atoms with Crippen molar-refractivity contribution in [2.75, 3.05) is 11.9 Å². The largest absolute Gasteiger partial charge is 0.365 e. The van der Waals surface area contributed by atoms with E-state index in [0.29, 0.717) is 11.4 Å². The van der Waals surface area contributed by atoms with Crippen molar-refractivity contribution in [1.29, 1.82) is 0 Å². The van der Waals surface area contributed by atoms with Crippen LogP contribution >= 0.6 is 0 Å². The Hall–Kier alpha value is -4.47. The highest BCUT2D eigenvalue weighted by molar-refractivity contribution is 5.90. The number of anilines is 1. The first kappa shape index (κ1) is 31.1. The van der Waals surface area contributed by atoms with Crippen LogP contribution in [0.5, 0.6) is 0 Å². The normalized spacial score (nSPS) is 11.5. The van der Waals surface area contributed by atoms with Gasteiger partial charge in [0.15, 0.2) is 5.65 Å². The molecule has 41 heavy (non-hydrogen) atoms. The van der Waals surface area contributed by atoms with Gasteiger partial charge < -0.3 is 10.6 Å². The highest BCUT2D eigenvalue weighted by Crippen LogP contribution is 2.31. The summed E-state index contributed by atoms with van der Waals surface area (Å²) in [5.41, 5.74) is 1.01. The number of benzene rings is 1. The number of amides is 1. The molecule has 3 heterocycles. The summed E-state index contributed by atoms with van der Waals surface area (Å²) >= 11 is 0. The molecule has 4 aromatic rings. The van der Waals surface area contributed by atoms with E-state index in [1.54, 1.807) is 25.3 Å². The third kappa shape index (κ3) is 7.00. The topological polar surface area (TPSA) is 102 Å². The fourth-order valence-electron chi connectivity index (χ4n) is 4.17. The molecule has 216 valence electrons. The molecule has 1 amide bonds. The van der Waals surface area contributed by atoms with Crippen molar-refractivity contribution in [3.05, 3.63) is 88.6 Å². The van der Waals surface area contributed by atoms with Gasteiger partial charge in [-0.1, -0.05) is 52.8 Å². The molecule has 0 unspecified atom stereocenters. The van der Waals surface area contributed by atoms with Gasteiger partial charge in [0.1, 0.15) is 23.1 Å².